The minimum absolute atomic E-state index is 0.381. The Morgan fingerprint density at radius 1 is 1.42 bits per heavy atom. The maximum absolute atomic E-state index is 5.75. The summed E-state index contributed by atoms with van der Waals surface area (Å²) in [7, 11) is 1.59. The van der Waals surface area contributed by atoms with E-state index in [1.165, 1.54) is 38.4 Å². The molecule has 0 aromatic carbocycles. The molecule has 19 heavy (non-hydrogen) atoms. The Kier molecular flexibility index (Phi) is 4.82. The SMILES string of the molecule is COc1c(N)ncnc1NCCC1CCCC(C)C1. The van der Waals surface area contributed by atoms with E-state index >= 15 is 0 Å². The van der Waals surface area contributed by atoms with Gasteiger partial charge in [-0.05, 0) is 24.7 Å². The molecule has 5 nitrogen and oxygen atoms in total. The summed E-state index contributed by atoms with van der Waals surface area (Å²) in [5.41, 5.74) is 5.75. The van der Waals surface area contributed by atoms with Crippen LogP contribution in [-0.4, -0.2) is 23.6 Å². The molecule has 0 amide bonds. The molecule has 2 atom stereocenters. The van der Waals surface area contributed by atoms with Crippen LogP contribution in [0.2, 0.25) is 0 Å². The van der Waals surface area contributed by atoms with Crippen molar-refractivity contribution in [2.24, 2.45) is 11.8 Å². The van der Waals surface area contributed by atoms with Gasteiger partial charge in [0.2, 0.25) is 5.75 Å². The average Bonchev–Trinajstić information content (AvgIpc) is 2.39. The lowest BCUT2D eigenvalue weighted by molar-refractivity contribution is 0.274. The summed E-state index contributed by atoms with van der Waals surface area (Å²) in [6.45, 7) is 3.26. The fraction of sp³-hybridized carbons (Fsp3) is 0.714. The normalized spacial score (nSPS) is 23.1. The third-order valence-corrected chi connectivity index (χ3v) is 3.93. The zero-order chi connectivity index (χ0) is 13.7. The number of ether oxygens (including phenoxy) is 1. The first kappa shape index (κ1) is 13.9. The maximum atomic E-state index is 5.75. The lowest BCUT2D eigenvalue weighted by Crippen LogP contribution is -2.17. The maximum Gasteiger partial charge on any atom is 0.203 e. The minimum Gasteiger partial charge on any atom is -0.490 e. The van der Waals surface area contributed by atoms with Gasteiger partial charge in [0.25, 0.3) is 0 Å². The van der Waals surface area contributed by atoms with Crippen LogP contribution in [0.1, 0.15) is 39.0 Å². The van der Waals surface area contributed by atoms with Crippen molar-refractivity contribution in [1.82, 2.24) is 9.97 Å². The van der Waals surface area contributed by atoms with Crippen molar-refractivity contribution in [3.8, 4) is 5.75 Å². The highest BCUT2D eigenvalue weighted by Gasteiger charge is 2.18. The summed E-state index contributed by atoms with van der Waals surface area (Å²) >= 11 is 0. The van der Waals surface area contributed by atoms with Gasteiger partial charge < -0.3 is 15.8 Å². The lowest BCUT2D eigenvalue weighted by Gasteiger charge is -2.26. The second kappa shape index (κ2) is 6.59. The molecule has 2 rings (SSSR count). The fourth-order valence-electron chi connectivity index (χ4n) is 2.93. The van der Waals surface area contributed by atoms with Crippen molar-refractivity contribution in [3.05, 3.63) is 6.33 Å². The van der Waals surface area contributed by atoms with Gasteiger partial charge in [-0.3, -0.25) is 0 Å². The van der Waals surface area contributed by atoms with Crippen LogP contribution in [0.15, 0.2) is 6.33 Å². The molecule has 106 valence electrons. The van der Waals surface area contributed by atoms with Crippen molar-refractivity contribution >= 4 is 11.6 Å². The van der Waals surface area contributed by atoms with E-state index in [9.17, 15) is 0 Å². The first-order valence-electron chi connectivity index (χ1n) is 7.09. The van der Waals surface area contributed by atoms with Crippen LogP contribution in [0.25, 0.3) is 0 Å². The third-order valence-electron chi connectivity index (χ3n) is 3.93. The first-order chi connectivity index (χ1) is 9.20. The molecule has 0 saturated heterocycles. The smallest absolute Gasteiger partial charge is 0.203 e. The standard InChI is InChI=1S/C14H24N4O/c1-10-4-3-5-11(8-10)6-7-16-14-12(19-2)13(15)17-9-18-14/h9-11H,3-8H2,1-2H3,(H3,15,16,17,18). The van der Waals surface area contributed by atoms with E-state index in [1.807, 2.05) is 0 Å². The molecule has 1 saturated carbocycles. The molecule has 2 unspecified atom stereocenters. The minimum atomic E-state index is 0.381. The van der Waals surface area contributed by atoms with Crippen molar-refractivity contribution in [2.75, 3.05) is 24.7 Å². The number of nitrogen functional groups attached to an aromatic ring is 1. The number of nitrogens with zero attached hydrogens (tertiary/aromatic N) is 2. The van der Waals surface area contributed by atoms with Crippen LogP contribution in [-0.2, 0) is 0 Å². The Labute approximate surface area is 115 Å². The first-order valence-corrected chi connectivity index (χ1v) is 7.09. The molecule has 5 heteroatoms. The molecule has 0 aliphatic heterocycles. The second-order valence-electron chi connectivity index (χ2n) is 5.49. The summed E-state index contributed by atoms with van der Waals surface area (Å²) in [4.78, 5) is 8.10. The predicted molar refractivity (Wildman–Crippen MR) is 77.2 cm³/mol. The number of aromatic nitrogens is 2. The Morgan fingerprint density at radius 3 is 3.00 bits per heavy atom. The highest BCUT2D eigenvalue weighted by molar-refractivity contribution is 5.61. The van der Waals surface area contributed by atoms with E-state index < -0.39 is 0 Å². The highest BCUT2D eigenvalue weighted by atomic mass is 16.5. The van der Waals surface area contributed by atoms with Crippen molar-refractivity contribution in [2.45, 2.75) is 39.0 Å². The zero-order valence-corrected chi connectivity index (χ0v) is 11.9. The van der Waals surface area contributed by atoms with E-state index in [0.717, 1.165) is 18.4 Å². The van der Waals surface area contributed by atoms with Gasteiger partial charge in [-0.1, -0.05) is 26.2 Å². The van der Waals surface area contributed by atoms with E-state index in [0.29, 0.717) is 17.4 Å². The van der Waals surface area contributed by atoms with Crippen molar-refractivity contribution in [1.29, 1.82) is 0 Å². The van der Waals surface area contributed by atoms with Gasteiger partial charge in [-0.25, -0.2) is 9.97 Å². The molecule has 0 spiro atoms. The number of rotatable bonds is 5. The van der Waals surface area contributed by atoms with Crippen LogP contribution in [0.5, 0.6) is 5.75 Å². The van der Waals surface area contributed by atoms with Gasteiger partial charge in [-0.2, -0.15) is 0 Å². The molecule has 1 fully saturated rings. The Hall–Kier alpha value is -1.52. The summed E-state index contributed by atoms with van der Waals surface area (Å²) < 4.78 is 5.22. The van der Waals surface area contributed by atoms with Crippen molar-refractivity contribution in [3.63, 3.8) is 0 Å². The molecule has 0 radical (unpaired) electrons. The van der Waals surface area contributed by atoms with Gasteiger partial charge in [0.05, 0.1) is 7.11 Å². The molecule has 0 bridgehead atoms. The van der Waals surface area contributed by atoms with E-state index in [4.69, 9.17) is 10.5 Å². The Bertz CT molecular complexity index is 410. The van der Waals surface area contributed by atoms with Crippen LogP contribution in [0, 0.1) is 11.8 Å². The summed E-state index contributed by atoms with van der Waals surface area (Å²) in [5.74, 6) is 3.33. The second-order valence-corrected chi connectivity index (χ2v) is 5.49. The average molecular weight is 264 g/mol. The van der Waals surface area contributed by atoms with Crippen LogP contribution >= 0.6 is 0 Å². The highest BCUT2D eigenvalue weighted by Crippen LogP contribution is 2.31. The number of hydrogen-bond donors (Lipinski definition) is 2. The number of nitrogens with two attached hydrogens (primary N) is 1. The van der Waals surface area contributed by atoms with Crippen LogP contribution < -0.4 is 15.8 Å². The summed E-state index contributed by atoms with van der Waals surface area (Å²) in [6, 6.07) is 0. The molecule has 1 aliphatic rings. The van der Waals surface area contributed by atoms with Crippen LogP contribution in [0.3, 0.4) is 0 Å². The van der Waals surface area contributed by atoms with E-state index in [2.05, 4.69) is 22.2 Å². The molecule has 1 aromatic heterocycles. The zero-order valence-electron chi connectivity index (χ0n) is 11.9. The number of hydrogen-bond acceptors (Lipinski definition) is 5. The van der Waals surface area contributed by atoms with E-state index in [-0.39, 0.29) is 0 Å². The van der Waals surface area contributed by atoms with Crippen molar-refractivity contribution < 1.29 is 4.74 Å². The lowest BCUT2D eigenvalue weighted by atomic mass is 9.81. The number of methoxy groups -OCH3 is 1. The molecular weight excluding hydrogens is 240 g/mol. The molecule has 1 aromatic rings. The fourth-order valence-corrected chi connectivity index (χ4v) is 2.93. The monoisotopic (exact) mass is 264 g/mol. The predicted octanol–water partition coefficient (Wildman–Crippen LogP) is 2.70. The largest absolute Gasteiger partial charge is 0.490 e. The van der Waals surface area contributed by atoms with Gasteiger partial charge in [0.15, 0.2) is 11.6 Å². The van der Waals surface area contributed by atoms with Gasteiger partial charge >= 0.3 is 0 Å². The molecule has 1 aliphatic carbocycles. The van der Waals surface area contributed by atoms with Gasteiger partial charge in [0, 0.05) is 6.54 Å². The Morgan fingerprint density at radius 2 is 2.26 bits per heavy atom. The third kappa shape index (κ3) is 3.72. The quantitative estimate of drug-likeness (QED) is 0.855. The summed E-state index contributed by atoms with van der Waals surface area (Å²) in [5, 5.41) is 3.31. The van der Waals surface area contributed by atoms with Gasteiger partial charge in [0.1, 0.15) is 6.33 Å². The molecule has 3 N–H and O–H groups in total. The topological polar surface area (TPSA) is 73.1 Å². The Balaban J connectivity index is 1.84. The van der Waals surface area contributed by atoms with E-state index in [1.54, 1.807) is 7.11 Å². The van der Waals surface area contributed by atoms with Crippen LogP contribution in [0.4, 0.5) is 11.6 Å². The summed E-state index contributed by atoms with van der Waals surface area (Å²) in [6.07, 6.45) is 8.11. The van der Waals surface area contributed by atoms with Gasteiger partial charge in [-0.15, -0.1) is 0 Å². The molecular formula is C14H24N4O. The molecule has 1 heterocycles. The number of nitrogens with one attached hydrogen (secondary N) is 1. The number of anilines is 2.